The highest BCUT2D eigenvalue weighted by molar-refractivity contribution is 5.76. The third-order valence-electron chi connectivity index (χ3n) is 3.47. The van der Waals surface area contributed by atoms with E-state index in [0.29, 0.717) is 25.4 Å². The molecule has 1 aromatic rings. The summed E-state index contributed by atoms with van der Waals surface area (Å²) < 4.78 is 1.69. The first-order chi connectivity index (χ1) is 8.79. The Labute approximate surface area is 107 Å². The lowest BCUT2D eigenvalue weighted by molar-refractivity contribution is -0.133. The number of hydrogen-bond donors (Lipinski definition) is 1. The van der Waals surface area contributed by atoms with Gasteiger partial charge in [0.1, 0.15) is 12.7 Å². The number of hydrogen-bond acceptors (Lipinski definition) is 4. The summed E-state index contributed by atoms with van der Waals surface area (Å²) in [6.45, 7) is 3.08. The third-order valence-corrected chi connectivity index (χ3v) is 3.47. The fourth-order valence-electron chi connectivity index (χ4n) is 2.48. The fourth-order valence-corrected chi connectivity index (χ4v) is 2.48. The van der Waals surface area contributed by atoms with Crippen molar-refractivity contribution in [2.24, 2.45) is 11.7 Å². The zero-order chi connectivity index (χ0) is 12.8. The third kappa shape index (κ3) is 3.53. The zero-order valence-electron chi connectivity index (χ0n) is 10.7. The molecule has 1 amide bonds. The number of rotatable bonds is 5. The average Bonchev–Trinajstić information content (AvgIpc) is 2.90. The summed E-state index contributed by atoms with van der Waals surface area (Å²) in [5.74, 6) is 0.797. The Morgan fingerprint density at radius 3 is 3.11 bits per heavy atom. The highest BCUT2D eigenvalue weighted by Gasteiger charge is 2.22. The Balaban J connectivity index is 1.77. The summed E-state index contributed by atoms with van der Waals surface area (Å²) in [4.78, 5) is 17.9. The minimum Gasteiger partial charge on any atom is -0.342 e. The number of carbonyl (C=O) groups is 1. The highest BCUT2D eigenvalue weighted by atomic mass is 16.2. The summed E-state index contributed by atoms with van der Waals surface area (Å²) in [7, 11) is 0. The van der Waals surface area contributed by atoms with E-state index in [4.69, 9.17) is 5.73 Å². The monoisotopic (exact) mass is 251 g/mol. The molecule has 0 aromatic carbocycles. The van der Waals surface area contributed by atoms with Gasteiger partial charge in [-0.3, -0.25) is 9.48 Å². The van der Waals surface area contributed by atoms with Crippen molar-refractivity contribution in [3.8, 4) is 0 Å². The largest absolute Gasteiger partial charge is 0.342 e. The van der Waals surface area contributed by atoms with E-state index in [1.54, 1.807) is 11.0 Å². The number of carbonyl (C=O) groups excluding carboxylic acids is 1. The van der Waals surface area contributed by atoms with Gasteiger partial charge < -0.3 is 10.6 Å². The first-order valence-corrected chi connectivity index (χ1v) is 6.60. The predicted octanol–water partition coefficient (Wildman–Crippen LogP) is 0.256. The maximum Gasteiger partial charge on any atom is 0.224 e. The molecule has 2 rings (SSSR count). The number of nitrogens with two attached hydrogens (primary N) is 1. The van der Waals surface area contributed by atoms with Crippen LogP contribution in [-0.2, 0) is 11.3 Å². The van der Waals surface area contributed by atoms with Crippen molar-refractivity contribution in [3.05, 3.63) is 12.7 Å². The van der Waals surface area contributed by atoms with E-state index in [-0.39, 0.29) is 5.91 Å². The first kappa shape index (κ1) is 13.0. The van der Waals surface area contributed by atoms with Crippen LogP contribution in [0.3, 0.4) is 0 Å². The molecule has 100 valence electrons. The summed E-state index contributed by atoms with van der Waals surface area (Å²) in [5.41, 5.74) is 5.58. The molecule has 1 aliphatic rings. The van der Waals surface area contributed by atoms with E-state index >= 15 is 0 Å². The minimum atomic E-state index is 0.215. The number of amides is 1. The molecule has 0 saturated carbocycles. The van der Waals surface area contributed by atoms with Crippen LogP contribution in [0.5, 0.6) is 0 Å². The molecule has 0 bridgehead atoms. The topological polar surface area (TPSA) is 77.0 Å². The molecular formula is C12H21N5O. The Kier molecular flexibility index (Phi) is 4.69. The van der Waals surface area contributed by atoms with Crippen LogP contribution < -0.4 is 5.73 Å². The van der Waals surface area contributed by atoms with E-state index < -0.39 is 0 Å². The second-order valence-electron chi connectivity index (χ2n) is 4.83. The van der Waals surface area contributed by atoms with Crippen LogP contribution >= 0.6 is 0 Å². The molecule has 1 atom stereocenters. The fraction of sp³-hybridized carbons (Fsp3) is 0.750. The van der Waals surface area contributed by atoms with Gasteiger partial charge in [0.2, 0.25) is 5.91 Å². The number of likely N-dealkylation sites (tertiary alicyclic amines) is 1. The van der Waals surface area contributed by atoms with Crippen LogP contribution in [0.25, 0.3) is 0 Å². The van der Waals surface area contributed by atoms with Crippen molar-refractivity contribution in [2.45, 2.75) is 32.2 Å². The van der Waals surface area contributed by atoms with Gasteiger partial charge in [0.25, 0.3) is 0 Å². The predicted molar refractivity (Wildman–Crippen MR) is 67.6 cm³/mol. The van der Waals surface area contributed by atoms with Crippen LogP contribution in [0, 0.1) is 5.92 Å². The lowest BCUT2D eigenvalue weighted by atomic mass is 9.94. The molecule has 1 aromatic heterocycles. The standard InChI is InChI=1S/C12H21N5O/c13-5-3-11-2-1-6-16(8-11)12(18)4-7-17-10-14-9-15-17/h9-11H,1-8,13H2. The van der Waals surface area contributed by atoms with Crippen molar-refractivity contribution in [1.82, 2.24) is 19.7 Å². The molecule has 1 unspecified atom stereocenters. The number of nitrogens with zero attached hydrogens (tertiary/aromatic N) is 4. The molecule has 2 N–H and O–H groups in total. The number of aryl methyl sites for hydroxylation is 1. The zero-order valence-corrected chi connectivity index (χ0v) is 10.7. The summed E-state index contributed by atoms with van der Waals surface area (Å²) >= 11 is 0. The maximum atomic E-state index is 12.1. The van der Waals surface area contributed by atoms with Crippen molar-refractivity contribution in [2.75, 3.05) is 19.6 Å². The summed E-state index contributed by atoms with van der Waals surface area (Å²) in [6.07, 6.45) is 6.94. The van der Waals surface area contributed by atoms with Crippen LogP contribution in [-0.4, -0.2) is 45.2 Å². The number of piperidine rings is 1. The lowest BCUT2D eigenvalue weighted by Gasteiger charge is -2.32. The SMILES string of the molecule is NCCC1CCCN(C(=O)CCn2cncn2)C1. The molecule has 1 saturated heterocycles. The minimum absolute atomic E-state index is 0.215. The molecule has 0 aliphatic carbocycles. The van der Waals surface area contributed by atoms with Gasteiger partial charge in [-0.1, -0.05) is 0 Å². The molecule has 6 heteroatoms. The van der Waals surface area contributed by atoms with Crippen molar-refractivity contribution in [3.63, 3.8) is 0 Å². The molecule has 18 heavy (non-hydrogen) atoms. The van der Waals surface area contributed by atoms with Crippen molar-refractivity contribution < 1.29 is 4.79 Å². The summed E-state index contributed by atoms with van der Waals surface area (Å²) in [6, 6.07) is 0. The lowest BCUT2D eigenvalue weighted by Crippen LogP contribution is -2.40. The molecule has 2 heterocycles. The van der Waals surface area contributed by atoms with Crippen LogP contribution in [0.15, 0.2) is 12.7 Å². The maximum absolute atomic E-state index is 12.1. The molecule has 6 nitrogen and oxygen atoms in total. The van der Waals surface area contributed by atoms with Crippen molar-refractivity contribution >= 4 is 5.91 Å². The Bertz CT molecular complexity index is 363. The molecule has 0 spiro atoms. The van der Waals surface area contributed by atoms with E-state index in [0.717, 1.165) is 25.9 Å². The van der Waals surface area contributed by atoms with Crippen molar-refractivity contribution in [1.29, 1.82) is 0 Å². The van der Waals surface area contributed by atoms with Gasteiger partial charge in [-0.2, -0.15) is 5.10 Å². The van der Waals surface area contributed by atoms with Gasteiger partial charge in [-0.25, -0.2) is 4.98 Å². The van der Waals surface area contributed by atoms with E-state index in [2.05, 4.69) is 10.1 Å². The normalized spacial score (nSPS) is 20.1. The molecule has 1 fully saturated rings. The van der Waals surface area contributed by atoms with E-state index in [9.17, 15) is 4.79 Å². The van der Waals surface area contributed by atoms with E-state index in [1.165, 1.54) is 12.7 Å². The van der Waals surface area contributed by atoms with Gasteiger partial charge in [0, 0.05) is 19.5 Å². The Morgan fingerprint density at radius 1 is 1.50 bits per heavy atom. The Morgan fingerprint density at radius 2 is 2.39 bits per heavy atom. The van der Waals surface area contributed by atoms with E-state index in [1.807, 2.05) is 4.90 Å². The van der Waals surface area contributed by atoms with Gasteiger partial charge >= 0.3 is 0 Å². The van der Waals surface area contributed by atoms with Gasteiger partial charge in [-0.15, -0.1) is 0 Å². The smallest absolute Gasteiger partial charge is 0.224 e. The number of aromatic nitrogens is 3. The van der Waals surface area contributed by atoms with Crippen LogP contribution in [0.1, 0.15) is 25.7 Å². The van der Waals surface area contributed by atoms with Gasteiger partial charge in [-0.05, 0) is 31.7 Å². The average molecular weight is 251 g/mol. The second kappa shape index (κ2) is 6.49. The molecule has 1 aliphatic heterocycles. The summed E-state index contributed by atoms with van der Waals surface area (Å²) in [5, 5.41) is 4.00. The van der Waals surface area contributed by atoms with Crippen LogP contribution in [0.4, 0.5) is 0 Å². The Hall–Kier alpha value is -1.43. The highest BCUT2D eigenvalue weighted by Crippen LogP contribution is 2.19. The molecular weight excluding hydrogens is 230 g/mol. The van der Waals surface area contributed by atoms with Gasteiger partial charge in [0.05, 0.1) is 6.54 Å². The first-order valence-electron chi connectivity index (χ1n) is 6.60. The molecule has 0 radical (unpaired) electrons. The van der Waals surface area contributed by atoms with Crippen LogP contribution in [0.2, 0.25) is 0 Å². The second-order valence-corrected chi connectivity index (χ2v) is 4.83. The van der Waals surface area contributed by atoms with Gasteiger partial charge in [0.15, 0.2) is 0 Å². The quantitative estimate of drug-likeness (QED) is 0.814.